The lowest BCUT2D eigenvalue weighted by atomic mass is 10.0. The van der Waals surface area contributed by atoms with Crippen LogP contribution in [-0.2, 0) is 16.2 Å². The average molecular weight is 520 g/mol. The number of fused-ring (bicyclic) bond motifs is 1. The number of thiazole rings is 1. The van der Waals surface area contributed by atoms with Gasteiger partial charge in [-0.3, -0.25) is 4.72 Å². The zero-order valence-corrected chi connectivity index (χ0v) is 19.4. The Bertz CT molecular complexity index is 1460. The first kappa shape index (κ1) is 23.1. The molecule has 0 bridgehead atoms. The number of sulfonamides is 1. The molecule has 35 heavy (non-hydrogen) atoms. The van der Waals surface area contributed by atoms with Crippen LogP contribution in [0.4, 0.5) is 29.7 Å². The maximum absolute atomic E-state index is 13.5. The summed E-state index contributed by atoms with van der Waals surface area (Å²) in [6.45, 7) is 0.532. The molecule has 2 aromatic heterocycles. The van der Waals surface area contributed by atoms with Crippen LogP contribution in [0.1, 0.15) is 5.56 Å². The second-order valence-electron chi connectivity index (χ2n) is 7.43. The molecular weight excluding hydrogens is 503 g/mol. The van der Waals surface area contributed by atoms with Gasteiger partial charge in [-0.15, -0.1) is 11.3 Å². The fraction of sp³-hybridized carbons (Fsp3) is 0.136. The number of anilines is 3. The molecule has 0 radical (unpaired) electrons. The molecule has 0 amide bonds. The van der Waals surface area contributed by atoms with Gasteiger partial charge >= 0.3 is 6.18 Å². The molecule has 0 unspecified atom stereocenters. The number of halogens is 3. The lowest BCUT2D eigenvalue weighted by Crippen LogP contribution is -2.29. The van der Waals surface area contributed by atoms with Crippen LogP contribution in [-0.4, -0.2) is 36.5 Å². The van der Waals surface area contributed by atoms with Crippen LogP contribution in [0.3, 0.4) is 0 Å². The van der Waals surface area contributed by atoms with Crippen LogP contribution in [0.25, 0.3) is 11.1 Å². The summed E-state index contributed by atoms with van der Waals surface area (Å²) in [6.07, 6.45) is 1.12. The number of aromatic nitrogens is 3. The molecule has 1 N–H and O–H groups in total. The fourth-order valence-electron chi connectivity index (χ4n) is 3.68. The van der Waals surface area contributed by atoms with Crippen molar-refractivity contribution in [3.05, 3.63) is 72.3 Å². The largest absolute Gasteiger partial charge is 0.489 e. The van der Waals surface area contributed by atoms with E-state index in [0.29, 0.717) is 23.5 Å². The Morgan fingerprint density at radius 3 is 2.54 bits per heavy atom. The van der Waals surface area contributed by atoms with Gasteiger partial charge in [0.05, 0.1) is 22.7 Å². The second-order valence-corrected chi connectivity index (χ2v) is 10.0. The first-order valence-corrected chi connectivity index (χ1v) is 12.5. The quantitative estimate of drug-likeness (QED) is 0.399. The van der Waals surface area contributed by atoms with Gasteiger partial charge in [0, 0.05) is 46.9 Å². The molecule has 180 valence electrons. The van der Waals surface area contributed by atoms with Crippen LogP contribution in [0.15, 0.2) is 71.6 Å². The third-order valence-corrected chi connectivity index (χ3v) is 7.40. The summed E-state index contributed by atoms with van der Waals surface area (Å²) in [5.74, 6) is 0.286. The van der Waals surface area contributed by atoms with E-state index >= 15 is 0 Å². The highest BCUT2D eigenvalue weighted by molar-refractivity contribution is 7.93. The predicted molar refractivity (Wildman–Crippen MR) is 124 cm³/mol. The summed E-state index contributed by atoms with van der Waals surface area (Å²) < 4.78 is 74.0. The average Bonchev–Trinajstić information content (AvgIpc) is 3.35. The molecule has 0 spiro atoms. The minimum atomic E-state index is -4.53. The molecule has 0 saturated heterocycles. The molecule has 0 atom stereocenters. The summed E-state index contributed by atoms with van der Waals surface area (Å²) >= 11 is 1.14. The Morgan fingerprint density at radius 1 is 1.06 bits per heavy atom. The highest BCUT2D eigenvalue weighted by atomic mass is 32.2. The van der Waals surface area contributed by atoms with Crippen molar-refractivity contribution in [2.24, 2.45) is 0 Å². The predicted octanol–water partition coefficient (Wildman–Crippen LogP) is 4.95. The molecule has 8 nitrogen and oxygen atoms in total. The molecule has 3 heterocycles. The Kier molecular flexibility index (Phi) is 5.81. The number of benzene rings is 2. The van der Waals surface area contributed by atoms with Crippen LogP contribution >= 0.6 is 11.3 Å². The molecule has 1 aliphatic heterocycles. The van der Waals surface area contributed by atoms with Crippen LogP contribution in [0, 0.1) is 0 Å². The zero-order valence-electron chi connectivity index (χ0n) is 17.7. The van der Waals surface area contributed by atoms with Crippen molar-refractivity contribution in [2.45, 2.75) is 11.1 Å². The van der Waals surface area contributed by atoms with E-state index in [1.54, 1.807) is 16.3 Å². The summed E-state index contributed by atoms with van der Waals surface area (Å²) in [7, 11) is -3.91. The van der Waals surface area contributed by atoms with Crippen molar-refractivity contribution in [1.82, 2.24) is 15.0 Å². The second kappa shape index (κ2) is 8.82. The molecule has 1 aliphatic rings. The molecule has 5 rings (SSSR count). The summed E-state index contributed by atoms with van der Waals surface area (Å²) in [4.78, 5) is 13.6. The van der Waals surface area contributed by atoms with Gasteiger partial charge in [0.1, 0.15) is 18.7 Å². The first-order valence-electron chi connectivity index (χ1n) is 10.2. The van der Waals surface area contributed by atoms with Crippen molar-refractivity contribution >= 4 is 37.9 Å². The highest BCUT2D eigenvalue weighted by Crippen LogP contribution is 2.43. The van der Waals surface area contributed by atoms with E-state index in [-0.39, 0.29) is 27.9 Å². The van der Waals surface area contributed by atoms with Crippen LogP contribution < -0.4 is 14.4 Å². The van der Waals surface area contributed by atoms with Gasteiger partial charge < -0.3 is 9.64 Å². The monoisotopic (exact) mass is 519 g/mol. The van der Waals surface area contributed by atoms with E-state index < -0.39 is 21.8 Å². The van der Waals surface area contributed by atoms with Gasteiger partial charge in [0.2, 0.25) is 0 Å². The summed E-state index contributed by atoms with van der Waals surface area (Å²) in [6, 6.07) is 7.80. The first-order chi connectivity index (χ1) is 16.7. The van der Waals surface area contributed by atoms with E-state index in [4.69, 9.17) is 4.74 Å². The number of nitrogens with one attached hydrogen (secondary N) is 1. The van der Waals surface area contributed by atoms with Crippen molar-refractivity contribution in [1.29, 1.82) is 0 Å². The lowest BCUT2D eigenvalue weighted by Gasteiger charge is -2.33. The topological polar surface area (TPSA) is 97.3 Å². The Labute approximate surface area is 202 Å². The van der Waals surface area contributed by atoms with Crippen LogP contribution in [0.5, 0.6) is 5.75 Å². The van der Waals surface area contributed by atoms with Gasteiger partial charge in [-0.25, -0.2) is 23.4 Å². The zero-order chi connectivity index (χ0) is 24.6. The van der Waals surface area contributed by atoms with Crippen molar-refractivity contribution in [3.63, 3.8) is 0 Å². The molecule has 4 aromatic rings. The number of hydrogen-bond acceptors (Lipinski definition) is 8. The third kappa shape index (κ3) is 4.64. The van der Waals surface area contributed by atoms with Crippen LogP contribution in [0.2, 0.25) is 0 Å². The molecule has 0 aliphatic carbocycles. The maximum atomic E-state index is 13.5. The fourth-order valence-corrected chi connectivity index (χ4v) is 5.49. The van der Waals surface area contributed by atoms with Gasteiger partial charge in [0.25, 0.3) is 10.0 Å². The molecule has 13 heteroatoms. The normalized spacial score (nSPS) is 13.7. The van der Waals surface area contributed by atoms with Gasteiger partial charge in [-0.1, -0.05) is 0 Å². The number of nitrogens with zero attached hydrogens (tertiary/aromatic N) is 4. The highest BCUT2D eigenvalue weighted by Gasteiger charge is 2.32. The van der Waals surface area contributed by atoms with E-state index in [0.717, 1.165) is 23.5 Å². The third-order valence-electron chi connectivity index (χ3n) is 5.25. The maximum Gasteiger partial charge on any atom is 0.416 e. The van der Waals surface area contributed by atoms with E-state index in [1.807, 2.05) is 0 Å². The minimum Gasteiger partial charge on any atom is -0.489 e. The van der Waals surface area contributed by atoms with Gasteiger partial charge in [0.15, 0.2) is 5.13 Å². The Balaban J connectivity index is 1.57. The van der Waals surface area contributed by atoms with Crippen molar-refractivity contribution in [2.75, 3.05) is 22.8 Å². The standard InChI is InChI=1S/C22H16F3N5O3S2/c23-22(24,25)15-1-3-18(17(9-15)14-11-26-13-27-12-14)30-6-7-33-20-10-16(2-4-19(20)30)35(31,32)29-21-28-5-8-34-21/h1-5,8-13H,6-7H2,(H,28,29). The molecule has 0 fully saturated rings. The van der Waals surface area contributed by atoms with Gasteiger partial charge in [-0.2, -0.15) is 13.2 Å². The summed E-state index contributed by atoms with van der Waals surface area (Å²) in [5, 5.41) is 1.87. The number of alkyl halides is 3. The Morgan fingerprint density at radius 2 is 1.83 bits per heavy atom. The smallest absolute Gasteiger partial charge is 0.416 e. The van der Waals surface area contributed by atoms with Gasteiger partial charge in [-0.05, 0) is 30.3 Å². The van der Waals surface area contributed by atoms with Crippen molar-refractivity contribution in [3.8, 4) is 16.9 Å². The number of hydrogen-bond donors (Lipinski definition) is 1. The van der Waals surface area contributed by atoms with E-state index in [2.05, 4.69) is 19.7 Å². The molecular formula is C22H16F3N5O3S2. The molecule has 2 aromatic carbocycles. The van der Waals surface area contributed by atoms with E-state index in [1.165, 1.54) is 43.1 Å². The minimum absolute atomic E-state index is 0.0302. The lowest BCUT2D eigenvalue weighted by molar-refractivity contribution is -0.137. The number of rotatable bonds is 5. The van der Waals surface area contributed by atoms with Crippen molar-refractivity contribution < 1.29 is 26.3 Å². The SMILES string of the molecule is O=S(=O)(Nc1nccs1)c1ccc2c(c1)OCCN2c1ccc(C(F)(F)F)cc1-c1cncnc1. The number of ether oxygens (including phenoxy) is 1. The summed E-state index contributed by atoms with van der Waals surface area (Å²) in [5.41, 5.74) is 0.892. The molecule has 0 saturated carbocycles. The van der Waals surface area contributed by atoms with E-state index in [9.17, 15) is 21.6 Å². The Hall–Kier alpha value is -3.71.